The number of aromatic nitrogens is 2. The molecule has 1 saturated heterocycles. The van der Waals surface area contributed by atoms with Gasteiger partial charge in [0.25, 0.3) is 5.69 Å². The Balaban J connectivity index is 1.61. The van der Waals surface area contributed by atoms with Crippen molar-refractivity contribution in [2.24, 2.45) is 0 Å². The van der Waals surface area contributed by atoms with E-state index in [2.05, 4.69) is 9.80 Å². The standard InChI is InChI=1S/C26H31N5O4/c1-19-24(16-20-8-10-22(11-9-20)31(33)34)26(28-25(27-19)21-6-4-3-5-7-21)30-14-12-29(13-15-30)17-23(32)18-35-2/h3-11,23,32H,12-18H2,1-2H3. The molecule has 2 heterocycles. The maximum absolute atomic E-state index is 11.0. The number of anilines is 1. The first-order valence-corrected chi connectivity index (χ1v) is 11.7. The summed E-state index contributed by atoms with van der Waals surface area (Å²) in [6.45, 7) is 6.06. The van der Waals surface area contributed by atoms with Gasteiger partial charge in [-0.05, 0) is 12.5 Å². The molecule has 0 radical (unpaired) electrons. The lowest BCUT2D eigenvalue weighted by Crippen LogP contribution is -2.49. The third kappa shape index (κ3) is 6.19. The third-order valence-corrected chi connectivity index (χ3v) is 6.25. The molecular weight excluding hydrogens is 446 g/mol. The quantitative estimate of drug-likeness (QED) is 0.370. The van der Waals surface area contributed by atoms with Crippen molar-refractivity contribution in [3.8, 4) is 11.4 Å². The number of rotatable bonds is 9. The van der Waals surface area contributed by atoms with E-state index < -0.39 is 6.10 Å². The summed E-state index contributed by atoms with van der Waals surface area (Å²) >= 11 is 0. The maximum Gasteiger partial charge on any atom is 0.269 e. The fourth-order valence-corrected chi connectivity index (χ4v) is 4.39. The van der Waals surface area contributed by atoms with E-state index in [1.807, 2.05) is 37.3 Å². The largest absolute Gasteiger partial charge is 0.389 e. The van der Waals surface area contributed by atoms with Crippen molar-refractivity contribution in [3.05, 3.63) is 81.5 Å². The van der Waals surface area contributed by atoms with Crippen LogP contribution in [0.4, 0.5) is 11.5 Å². The van der Waals surface area contributed by atoms with Gasteiger partial charge in [0.2, 0.25) is 0 Å². The molecule has 9 heteroatoms. The molecular formula is C26H31N5O4. The predicted molar refractivity (Wildman–Crippen MR) is 135 cm³/mol. The number of aliphatic hydroxyl groups is 1. The van der Waals surface area contributed by atoms with E-state index in [-0.39, 0.29) is 10.6 Å². The second kappa shape index (κ2) is 11.4. The Morgan fingerprint density at radius 1 is 1.06 bits per heavy atom. The highest BCUT2D eigenvalue weighted by Crippen LogP contribution is 2.28. The average molecular weight is 478 g/mol. The Hall–Kier alpha value is -3.40. The molecule has 0 amide bonds. The van der Waals surface area contributed by atoms with E-state index in [4.69, 9.17) is 14.7 Å². The van der Waals surface area contributed by atoms with Crippen LogP contribution in [0.15, 0.2) is 54.6 Å². The Kier molecular flexibility index (Phi) is 8.02. The molecule has 2 aromatic carbocycles. The number of ether oxygens (including phenoxy) is 1. The monoisotopic (exact) mass is 477 g/mol. The number of nitrogens with zero attached hydrogens (tertiary/aromatic N) is 5. The zero-order valence-electron chi connectivity index (χ0n) is 20.1. The predicted octanol–water partition coefficient (Wildman–Crippen LogP) is 3.08. The van der Waals surface area contributed by atoms with Gasteiger partial charge in [-0.3, -0.25) is 15.0 Å². The van der Waals surface area contributed by atoms with Crippen molar-refractivity contribution in [2.45, 2.75) is 19.4 Å². The number of piperazine rings is 1. The lowest BCUT2D eigenvalue weighted by molar-refractivity contribution is -0.384. The number of β-amino-alcohol motifs (C(OH)–C–C–N with tert-alkyl or cyclic N) is 1. The Labute approximate surface area is 205 Å². The zero-order valence-corrected chi connectivity index (χ0v) is 20.1. The van der Waals surface area contributed by atoms with Gasteiger partial charge in [0.1, 0.15) is 5.82 Å². The first-order chi connectivity index (χ1) is 16.9. The summed E-state index contributed by atoms with van der Waals surface area (Å²) in [5, 5.41) is 21.1. The summed E-state index contributed by atoms with van der Waals surface area (Å²) in [4.78, 5) is 25.0. The van der Waals surface area contributed by atoms with Gasteiger partial charge < -0.3 is 14.7 Å². The molecule has 0 saturated carbocycles. The van der Waals surface area contributed by atoms with Crippen LogP contribution in [0.1, 0.15) is 16.8 Å². The molecule has 0 aliphatic carbocycles. The van der Waals surface area contributed by atoms with Gasteiger partial charge in [-0.25, -0.2) is 9.97 Å². The minimum Gasteiger partial charge on any atom is -0.389 e. The summed E-state index contributed by atoms with van der Waals surface area (Å²) in [5.41, 5.74) is 3.92. The number of hydrogen-bond acceptors (Lipinski definition) is 8. The highest BCUT2D eigenvalue weighted by Gasteiger charge is 2.24. The van der Waals surface area contributed by atoms with Crippen LogP contribution in [0.3, 0.4) is 0 Å². The van der Waals surface area contributed by atoms with Gasteiger partial charge in [-0.1, -0.05) is 42.5 Å². The van der Waals surface area contributed by atoms with Crippen LogP contribution in [0.5, 0.6) is 0 Å². The minimum absolute atomic E-state index is 0.0770. The van der Waals surface area contributed by atoms with Gasteiger partial charge in [0.15, 0.2) is 5.82 Å². The van der Waals surface area contributed by atoms with E-state index >= 15 is 0 Å². The first-order valence-electron chi connectivity index (χ1n) is 11.7. The van der Waals surface area contributed by atoms with Crippen LogP contribution in [0.2, 0.25) is 0 Å². The lowest BCUT2D eigenvalue weighted by atomic mass is 10.0. The highest BCUT2D eigenvalue weighted by molar-refractivity contribution is 5.61. The van der Waals surface area contributed by atoms with Gasteiger partial charge in [0, 0.05) is 75.2 Å². The van der Waals surface area contributed by atoms with Gasteiger partial charge in [0.05, 0.1) is 17.6 Å². The Morgan fingerprint density at radius 2 is 1.74 bits per heavy atom. The molecule has 0 bridgehead atoms. The molecule has 1 aliphatic heterocycles. The molecule has 3 aromatic rings. The molecule has 1 unspecified atom stereocenters. The van der Waals surface area contributed by atoms with E-state index in [9.17, 15) is 15.2 Å². The van der Waals surface area contributed by atoms with Crippen molar-refractivity contribution in [1.82, 2.24) is 14.9 Å². The minimum atomic E-state index is -0.504. The van der Waals surface area contributed by atoms with Crippen LogP contribution in [0, 0.1) is 17.0 Å². The van der Waals surface area contributed by atoms with E-state index in [1.54, 1.807) is 19.2 Å². The van der Waals surface area contributed by atoms with Gasteiger partial charge >= 0.3 is 0 Å². The average Bonchev–Trinajstić information content (AvgIpc) is 2.86. The number of hydrogen-bond donors (Lipinski definition) is 1. The number of aliphatic hydroxyl groups excluding tert-OH is 1. The fraction of sp³-hybridized carbons (Fsp3) is 0.385. The van der Waals surface area contributed by atoms with Crippen molar-refractivity contribution in [2.75, 3.05) is 51.3 Å². The van der Waals surface area contributed by atoms with Crippen LogP contribution in [-0.4, -0.2) is 77.4 Å². The highest BCUT2D eigenvalue weighted by atomic mass is 16.6. The second-order valence-electron chi connectivity index (χ2n) is 8.80. The van der Waals surface area contributed by atoms with Crippen LogP contribution < -0.4 is 4.90 Å². The smallest absolute Gasteiger partial charge is 0.269 e. The molecule has 184 valence electrons. The summed E-state index contributed by atoms with van der Waals surface area (Å²) in [7, 11) is 1.59. The molecule has 1 atom stereocenters. The summed E-state index contributed by atoms with van der Waals surface area (Å²) < 4.78 is 5.06. The summed E-state index contributed by atoms with van der Waals surface area (Å²) in [6, 6.07) is 16.6. The Bertz CT molecular complexity index is 1130. The molecule has 1 aliphatic rings. The van der Waals surface area contributed by atoms with Crippen LogP contribution in [0.25, 0.3) is 11.4 Å². The van der Waals surface area contributed by atoms with Crippen molar-refractivity contribution in [1.29, 1.82) is 0 Å². The molecule has 1 N–H and O–H groups in total. The number of methoxy groups -OCH3 is 1. The summed E-state index contributed by atoms with van der Waals surface area (Å²) in [5.74, 6) is 1.58. The molecule has 4 rings (SSSR count). The molecule has 35 heavy (non-hydrogen) atoms. The van der Waals surface area contributed by atoms with Crippen LogP contribution >= 0.6 is 0 Å². The Morgan fingerprint density at radius 3 is 2.37 bits per heavy atom. The topological polar surface area (TPSA) is 105 Å². The first kappa shape index (κ1) is 24.7. The van der Waals surface area contributed by atoms with Crippen molar-refractivity contribution < 1.29 is 14.8 Å². The molecule has 0 spiro atoms. The van der Waals surface area contributed by atoms with Gasteiger partial charge in [-0.15, -0.1) is 0 Å². The van der Waals surface area contributed by atoms with Crippen molar-refractivity contribution >= 4 is 11.5 Å². The number of non-ortho nitro benzene ring substituents is 1. The number of nitro benzene ring substituents is 1. The van der Waals surface area contributed by atoms with Gasteiger partial charge in [-0.2, -0.15) is 0 Å². The maximum atomic E-state index is 11.0. The van der Waals surface area contributed by atoms with E-state index in [1.165, 1.54) is 12.1 Å². The second-order valence-corrected chi connectivity index (χ2v) is 8.80. The van der Waals surface area contributed by atoms with E-state index in [0.29, 0.717) is 25.4 Å². The third-order valence-electron chi connectivity index (χ3n) is 6.25. The lowest BCUT2D eigenvalue weighted by Gasteiger charge is -2.37. The SMILES string of the molecule is COCC(O)CN1CCN(c2nc(-c3ccccc3)nc(C)c2Cc2ccc([N+](=O)[O-])cc2)CC1. The number of nitro groups is 1. The molecule has 1 fully saturated rings. The zero-order chi connectivity index (χ0) is 24.8. The van der Waals surface area contributed by atoms with Crippen molar-refractivity contribution in [3.63, 3.8) is 0 Å². The molecule has 1 aromatic heterocycles. The number of aryl methyl sites for hydroxylation is 1. The number of benzene rings is 2. The molecule has 9 nitrogen and oxygen atoms in total. The van der Waals surface area contributed by atoms with Crippen LogP contribution in [-0.2, 0) is 11.2 Å². The normalized spacial score (nSPS) is 15.2. The van der Waals surface area contributed by atoms with E-state index in [0.717, 1.165) is 54.4 Å². The fourth-order valence-electron chi connectivity index (χ4n) is 4.39. The summed E-state index contributed by atoms with van der Waals surface area (Å²) in [6.07, 6.45) is 0.0799.